The van der Waals surface area contributed by atoms with Crippen LogP contribution in [0.3, 0.4) is 0 Å². The first-order valence-electron chi connectivity index (χ1n) is 7.37. The van der Waals surface area contributed by atoms with Crippen molar-refractivity contribution in [1.29, 1.82) is 0 Å². The van der Waals surface area contributed by atoms with Crippen LogP contribution in [0.2, 0.25) is 0 Å². The van der Waals surface area contributed by atoms with Crippen molar-refractivity contribution in [3.8, 4) is 0 Å². The van der Waals surface area contributed by atoms with Crippen molar-refractivity contribution in [1.82, 2.24) is 0 Å². The normalized spacial score (nSPS) is 24.2. The van der Waals surface area contributed by atoms with Crippen molar-refractivity contribution in [2.24, 2.45) is 0 Å². The van der Waals surface area contributed by atoms with E-state index in [1.807, 2.05) is 19.1 Å². The van der Waals surface area contributed by atoms with Crippen molar-refractivity contribution in [3.63, 3.8) is 0 Å². The lowest BCUT2D eigenvalue weighted by Gasteiger charge is -2.43. The van der Waals surface area contributed by atoms with Gasteiger partial charge in [0.1, 0.15) is 6.10 Å². The summed E-state index contributed by atoms with van der Waals surface area (Å²) in [6, 6.07) is 7.53. The molecule has 0 heterocycles. The molecule has 2 rings (SSSR count). The lowest BCUT2D eigenvalue weighted by Crippen LogP contribution is -2.56. The Morgan fingerprint density at radius 3 is 2.81 bits per heavy atom. The van der Waals surface area contributed by atoms with E-state index >= 15 is 0 Å². The molecular weight excluding hydrogens is 270 g/mol. The minimum atomic E-state index is -0.301. The lowest BCUT2D eigenvalue weighted by molar-refractivity contribution is -0.118. The van der Waals surface area contributed by atoms with Crippen LogP contribution in [-0.4, -0.2) is 44.5 Å². The van der Waals surface area contributed by atoms with Gasteiger partial charge in [0, 0.05) is 19.4 Å². The number of anilines is 1. The number of carbonyl (C=O) groups excluding carboxylic acids is 1. The van der Waals surface area contributed by atoms with Crippen molar-refractivity contribution < 1.29 is 19.0 Å². The fourth-order valence-electron chi connectivity index (χ4n) is 2.58. The molecule has 0 spiro atoms. The van der Waals surface area contributed by atoms with Crippen molar-refractivity contribution in [2.45, 2.75) is 38.5 Å². The molecule has 1 N–H and O–H groups in total. The second-order valence-corrected chi connectivity index (χ2v) is 4.98. The third-order valence-corrected chi connectivity index (χ3v) is 3.63. The Morgan fingerprint density at radius 2 is 2.14 bits per heavy atom. The summed E-state index contributed by atoms with van der Waals surface area (Å²) in [6.07, 6.45) is 1.08. The van der Waals surface area contributed by atoms with Gasteiger partial charge in [0.15, 0.2) is 0 Å². The standard InChI is InChI=1S/C16H23NO4/c1-4-20-14-10-13(15(14)19-3)17-12-8-6-7-11(9-12)16(18)21-5-2/h6-9,13-15,17H,4-5,10H2,1-3H3. The van der Waals surface area contributed by atoms with Crippen LogP contribution in [0.1, 0.15) is 30.6 Å². The predicted molar refractivity (Wildman–Crippen MR) is 80.6 cm³/mol. The Bertz CT molecular complexity index is 477. The van der Waals surface area contributed by atoms with E-state index in [9.17, 15) is 4.79 Å². The number of methoxy groups -OCH3 is 1. The average molecular weight is 293 g/mol. The van der Waals surface area contributed by atoms with Gasteiger partial charge in [-0.3, -0.25) is 0 Å². The van der Waals surface area contributed by atoms with Crippen LogP contribution in [0.5, 0.6) is 0 Å². The van der Waals surface area contributed by atoms with Crippen molar-refractivity contribution in [2.75, 3.05) is 25.6 Å². The molecule has 5 heteroatoms. The van der Waals surface area contributed by atoms with E-state index in [0.717, 1.165) is 12.1 Å². The zero-order valence-corrected chi connectivity index (χ0v) is 12.8. The van der Waals surface area contributed by atoms with Crippen molar-refractivity contribution in [3.05, 3.63) is 29.8 Å². The van der Waals surface area contributed by atoms with E-state index in [2.05, 4.69) is 5.32 Å². The van der Waals surface area contributed by atoms with Crippen molar-refractivity contribution >= 4 is 11.7 Å². The maximum Gasteiger partial charge on any atom is 0.338 e. The molecule has 0 radical (unpaired) electrons. The summed E-state index contributed by atoms with van der Waals surface area (Å²) in [5.41, 5.74) is 1.44. The molecule has 0 amide bonds. The molecule has 1 aliphatic rings. The molecule has 0 aromatic heterocycles. The van der Waals surface area contributed by atoms with Gasteiger partial charge in [0.25, 0.3) is 0 Å². The zero-order valence-electron chi connectivity index (χ0n) is 12.8. The number of rotatable bonds is 7. The van der Waals surface area contributed by atoms with E-state index < -0.39 is 0 Å². The van der Waals surface area contributed by atoms with Crippen LogP contribution in [-0.2, 0) is 14.2 Å². The molecule has 1 aromatic carbocycles. The third kappa shape index (κ3) is 3.74. The number of nitrogens with one attached hydrogen (secondary N) is 1. The van der Waals surface area contributed by atoms with Gasteiger partial charge in [-0.25, -0.2) is 4.79 Å². The SMILES string of the molecule is CCOC(=O)c1cccc(NC2CC(OCC)C2OC)c1. The molecule has 3 unspecified atom stereocenters. The first-order chi connectivity index (χ1) is 10.2. The highest BCUT2D eigenvalue weighted by Gasteiger charge is 2.42. The summed E-state index contributed by atoms with van der Waals surface area (Å²) in [7, 11) is 1.69. The molecule has 0 bridgehead atoms. The van der Waals surface area contributed by atoms with Gasteiger partial charge < -0.3 is 19.5 Å². The average Bonchev–Trinajstić information content (AvgIpc) is 2.47. The summed E-state index contributed by atoms with van der Waals surface area (Å²) in [4.78, 5) is 11.7. The Balaban J connectivity index is 1.97. The number of hydrogen-bond donors (Lipinski definition) is 1. The molecule has 1 aromatic rings. The van der Waals surface area contributed by atoms with E-state index in [4.69, 9.17) is 14.2 Å². The monoisotopic (exact) mass is 293 g/mol. The molecule has 1 aliphatic carbocycles. The molecule has 1 fully saturated rings. The van der Waals surface area contributed by atoms with Crippen LogP contribution in [0.25, 0.3) is 0 Å². The highest BCUT2D eigenvalue weighted by Crippen LogP contribution is 2.30. The van der Waals surface area contributed by atoms with Crippen LogP contribution >= 0.6 is 0 Å². The Hall–Kier alpha value is -1.59. The van der Waals surface area contributed by atoms with Gasteiger partial charge in [-0.05, 0) is 38.5 Å². The Labute approximate surface area is 125 Å². The molecule has 5 nitrogen and oxygen atoms in total. The van der Waals surface area contributed by atoms with Gasteiger partial charge in [-0.2, -0.15) is 0 Å². The fraction of sp³-hybridized carbons (Fsp3) is 0.562. The summed E-state index contributed by atoms with van der Waals surface area (Å²) >= 11 is 0. The topological polar surface area (TPSA) is 56.8 Å². The number of carbonyl (C=O) groups is 1. The van der Waals surface area contributed by atoms with Crippen LogP contribution in [0.15, 0.2) is 24.3 Å². The molecule has 1 saturated carbocycles. The van der Waals surface area contributed by atoms with Crippen LogP contribution in [0, 0.1) is 0 Å². The van der Waals surface area contributed by atoms with Crippen LogP contribution < -0.4 is 5.32 Å². The smallest absolute Gasteiger partial charge is 0.338 e. The van der Waals surface area contributed by atoms with Gasteiger partial charge >= 0.3 is 5.97 Å². The Kier molecular flexibility index (Phi) is 5.59. The second-order valence-electron chi connectivity index (χ2n) is 4.98. The number of ether oxygens (including phenoxy) is 3. The van der Waals surface area contributed by atoms with Gasteiger partial charge in [-0.15, -0.1) is 0 Å². The summed E-state index contributed by atoms with van der Waals surface area (Å²) in [5.74, 6) is -0.301. The molecule has 116 valence electrons. The Morgan fingerprint density at radius 1 is 1.33 bits per heavy atom. The van der Waals surface area contributed by atoms with Gasteiger partial charge in [-0.1, -0.05) is 6.07 Å². The van der Waals surface area contributed by atoms with Gasteiger partial charge in [0.2, 0.25) is 0 Å². The number of hydrogen-bond acceptors (Lipinski definition) is 5. The van der Waals surface area contributed by atoms with E-state index in [-0.39, 0.29) is 24.2 Å². The third-order valence-electron chi connectivity index (χ3n) is 3.63. The summed E-state index contributed by atoms with van der Waals surface area (Å²) in [6.45, 7) is 4.85. The molecule has 0 aliphatic heterocycles. The van der Waals surface area contributed by atoms with Crippen LogP contribution in [0.4, 0.5) is 5.69 Å². The molecule has 0 saturated heterocycles. The maximum absolute atomic E-state index is 11.7. The van der Waals surface area contributed by atoms with E-state index in [0.29, 0.717) is 18.8 Å². The van der Waals surface area contributed by atoms with Gasteiger partial charge in [0.05, 0.1) is 24.3 Å². The van der Waals surface area contributed by atoms with E-state index in [1.54, 1.807) is 26.2 Å². The largest absolute Gasteiger partial charge is 0.462 e. The minimum Gasteiger partial charge on any atom is -0.462 e. The highest BCUT2D eigenvalue weighted by molar-refractivity contribution is 5.90. The molecule has 21 heavy (non-hydrogen) atoms. The minimum absolute atomic E-state index is 0.0381. The predicted octanol–water partition coefficient (Wildman–Crippen LogP) is 2.47. The zero-order chi connectivity index (χ0) is 15.2. The first kappa shape index (κ1) is 15.8. The molecule has 3 atom stereocenters. The maximum atomic E-state index is 11.7. The van der Waals surface area contributed by atoms with E-state index in [1.165, 1.54) is 0 Å². The lowest BCUT2D eigenvalue weighted by atomic mass is 9.85. The first-order valence-corrected chi connectivity index (χ1v) is 7.37. The molecular formula is C16H23NO4. The summed E-state index contributed by atoms with van der Waals surface area (Å²) < 4.78 is 16.1. The number of esters is 1. The quantitative estimate of drug-likeness (QED) is 0.783. The highest BCUT2D eigenvalue weighted by atomic mass is 16.5. The fourth-order valence-corrected chi connectivity index (χ4v) is 2.58. The summed E-state index contributed by atoms with van der Waals surface area (Å²) in [5, 5.41) is 3.39. The number of benzene rings is 1. The second kappa shape index (κ2) is 7.43.